The number of nitrogens with zero attached hydrogens (tertiary/aromatic N) is 2. The number of carbonyl (C=O) groups excluding carboxylic acids is 1. The molecule has 0 spiro atoms. The number of methoxy groups -OCH3 is 2. The molecular formula is C20H21N3O4S. The molecule has 1 heterocycles. The lowest BCUT2D eigenvalue weighted by atomic mass is 10.1. The molecule has 0 saturated heterocycles. The molecule has 0 aliphatic carbocycles. The number of aromatic nitrogens is 2. The molecule has 3 rings (SSSR count). The zero-order valence-corrected chi connectivity index (χ0v) is 16.7. The maximum absolute atomic E-state index is 12.2. The Labute approximate surface area is 167 Å². The maximum Gasteiger partial charge on any atom is 0.277 e. The summed E-state index contributed by atoms with van der Waals surface area (Å²) in [6.45, 7) is 2.07. The van der Waals surface area contributed by atoms with E-state index in [9.17, 15) is 4.79 Å². The Kier molecular flexibility index (Phi) is 6.54. The lowest BCUT2D eigenvalue weighted by molar-refractivity contribution is -0.113. The first-order valence-corrected chi connectivity index (χ1v) is 9.69. The Morgan fingerprint density at radius 2 is 2.00 bits per heavy atom. The van der Waals surface area contributed by atoms with E-state index < -0.39 is 0 Å². The minimum atomic E-state index is -0.139. The number of rotatable bonds is 8. The van der Waals surface area contributed by atoms with Gasteiger partial charge in [-0.25, -0.2) is 0 Å². The molecule has 0 bridgehead atoms. The standard InChI is InChI=1S/C20H21N3O4S/c1-4-13-6-5-7-14(10-13)21-18(24)12-28-20-23-22-19(27-20)16-9-8-15(25-2)11-17(16)26-3/h5-11H,4,12H2,1-3H3,(H,21,24). The summed E-state index contributed by atoms with van der Waals surface area (Å²) in [5, 5.41) is 11.2. The molecule has 0 fully saturated rings. The molecule has 28 heavy (non-hydrogen) atoms. The van der Waals surface area contributed by atoms with Crippen molar-refractivity contribution in [3.8, 4) is 23.0 Å². The average Bonchev–Trinajstić information content (AvgIpc) is 3.20. The summed E-state index contributed by atoms with van der Waals surface area (Å²) >= 11 is 1.18. The zero-order valence-electron chi connectivity index (χ0n) is 15.9. The largest absolute Gasteiger partial charge is 0.497 e. The number of carbonyl (C=O) groups is 1. The highest BCUT2D eigenvalue weighted by Gasteiger charge is 2.15. The third kappa shape index (κ3) is 4.83. The summed E-state index contributed by atoms with van der Waals surface area (Å²) < 4.78 is 16.2. The van der Waals surface area contributed by atoms with E-state index in [1.165, 1.54) is 17.3 Å². The molecule has 2 aromatic carbocycles. The Hall–Kier alpha value is -3.00. The normalized spacial score (nSPS) is 10.5. The second-order valence-corrected chi connectivity index (χ2v) is 6.76. The molecule has 146 valence electrons. The number of aryl methyl sites for hydroxylation is 1. The van der Waals surface area contributed by atoms with Crippen LogP contribution >= 0.6 is 11.8 Å². The van der Waals surface area contributed by atoms with E-state index in [-0.39, 0.29) is 11.7 Å². The van der Waals surface area contributed by atoms with Crippen molar-refractivity contribution >= 4 is 23.4 Å². The Bertz CT molecular complexity index is 958. The quantitative estimate of drug-likeness (QED) is 0.572. The first kappa shape index (κ1) is 19.8. The van der Waals surface area contributed by atoms with E-state index in [2.05, 4.69) is 22.4 Å². The lowest BCUT2D eigenvalue weighted by Gasteiger charge is -2.07. The third-order valence-corrected chi connectivity index (χ3v) is 4.81. The second kappa shape index (κ2) is 9.27. The Balaban J connectivity index is 1.62. The van der Waals surface area contributed by atoms with Gasteiger partial charge in [-0.05, 0) is 36.2 Å². The van der Waals surface area contributed by atoms with Gasteiger partial charge in [0.05, 0.1) is 25.5 Å². The van der Waals surface area contributed by atoms with Crippen LogP contribution in [-0.2, 0) is 11.2 Å². The lowest BCUT2D eigenvalue weighted by Crippen LogP contribution is -2.14. The van der Waals surface area contributed by atoms with Gasteiger partial charge in [0.2, 0.25) is 5.91 Å². The predicted octanol–water partition coefficient (Wildman–Crippen LogP) is 4.05. The van der Waals surface area contributed by atoms with Crippen LogP contribution in [0.1, 0.15) is 12.5 Å². The SMILES string of the molecule is CCc1cccc(NC(=O)CSc2nnc(-c3ccc(OC)cc3OC)o2)c1. The first-order valence-electron chi connectivity index (χ1n) is 8.70. The van der Waals surface area contributed by atoms with Crippen molar-refractivity contribution in [2.75, 3.05) is 25.3 Å². The van der Waals surface area contributed by atoms with Crippen molar-refractivity contribution < 1.29 is 18.7 Å². The van der Waals surface area contributed by atoms with Crippen molar-refractivity contribution in [1.29, 1.82) is 0 Å². The highest BCUT2D eigenvalue weighted by molar-refractivity contribution is 7.99. The smallest absolute Gasteiger partial charge is 0.277 e. The first-order chi connectivity index (χ1) is 13.6. The second-order valence-electron chi connectivity index (χ2n) is 5.83. The monoisotopic (exact) mass is 399 g/mol. The van der Waals surface area contributed by atoms with Crippen molar-refractivity contribution in [3.05, 3.63) is 48.0 Å². The van der Waals surface area contributed by atoms with E-state index in [1.807, 2.05) is 24.3 Å². The van der Waals surface area contributed by atoms with Gasteiger partial charge in [-0.1, -0.05) is 30.8 Å². The fourth-order valence-electron chi connectivity index (χ4n) is 2.55. The van der Waals surface area contributed by atoms with E-state index in [1.54, 1.807) is 32.4 Å². The maximum atomic E-state index is 12.2. The van der Waals surface area contributed by atoms with Crippen LogP contribution in [0, 0.1) is 0 Å². The number of thioether (sulfide) groups is 1. The number of anilines is 1. The van der Waals surface area contributed by atoms with Gasteiger partial charge in [0.25, 0.3) is 11.1 Å². The molecular weight excluding hydrogens is 378 g/mol. The summed E-state index contributed by atoms with van der Waals surface area (Å²) in [4.78, 5) is 12.2. The molecule has 1 N–H and O–H groups in total. The number of hydrogen-bond donors (Lipinski definition) is 1. The summed E-state index contributed by atoms with van der Waals surface area (Å²) in [5.74, 6) is 1.57. The molecule has 0 aliphatic rings. The number of nitrogens with one attached hydrogen (secondary N) is 1. The predicted molar refractivity (Wildman–Crippen MR) is 108 cm³/mol. The van der Waals surface area contributed by atoms with Crippen LogP contribution in [0.25, 0.3) is 11.5 Å². The summed E-state index contributed by atoms with van der Waals surface area (Å²) in [5.41, 5.74) is 2.60. The minimum absolute atomic E-state index is 0.139. The third-order valence-electron chi connectivity index (χ3n) is 3.99. The van der Waals surface area contributed by atoms with Gasteiger partial charge in [0.1, 0.15) is 11.5 Å². The molecule has 7 nitrogen and oxygen atoms in total. The van der Waals surface area contributed by atoms with Crippen molar-refractivity contribution in [2.24, 2.45) is 0 Å². The number of amides is 1. The molecule has 8 heteroatoms. The zero-order chi connectivity index (χ0) is 19.9. The number of hydrogen-bond acceptors (Lipinski definition) is 7. The van der Waals surface area contributed by atoms with Gasteiger partial charge in [0, 0.05) is 11.8 Å². The Morgan fingerprint density at radius 1 is 1.14 bits per heavy atom. The molecule has 0 saturated carbocycles. The van der Waals surface area contributed by atoms with E-state index >= 15 is 0 Å². The molecule has 1 amide bonds. The van der Waals surface area contributed by atoms with Gasteiger partial charge < -0.3 is 19.2 Å². The molecule has 0 radical (unpaired) electrons. The van der Waals surface area contributed by atoms with Crippen LogP contribution in [0.4, 0.5) is 5.69 Å². The highest BCUT2D eigenvalue weighted by atomic mass is 32.2. The highest BCUT2D eigenvalue weighted by Crippen LogP contribution is 2.33. The van der Waals surface area contributed by atoms with E-state index in [4.69, 9.17) is 13.9 Å². The fourth-order valence-corrected chi connectivity index (χ4v) is 3.11. The fraction of sp³-hybridized carbons (Fsp3) is 0.250. The van der Waals surface area contributed by atoms with Gasteiger partial charge in [-0.2, -0.15) is 0 Å². The van der Waals surface area contributed by atoms with Gasteiger partial charge in [-0.3, -0.25) is 4.79 Å². The van der Waals surface area contributed by atoms with Crippen LogP contribution in [0.15, 0.2) is 52.1 Å². The van der Waals surface area contributed by atoms with Gasteiger partial charge in [-0.15, -0.1) is 10.2 Å². The summed E-state index contributed by atoms with van der Waals surface area (Å²) in [6.07, 6.45) is 0.915. The van der Waals surface area contributed by atoms with Crippen molar-refractivity contribution in [3.63, 3.8) is 0 Å². The van der Waals surface area contributed by atoms with Crippen LogP contribution in [-0.4, -0.2) is 36.1 Å². The van der Waals surface area contributed by atoms with Crippen molar-refractivity contribution in [2.45, 2.75) is 18.6 Å². The van der Waals surface area contributed by atoms with Crippen LogP contribution in [0.5, 0.6) is 11.5 Å². The van der Waals surface area contributed by atoms with Crippen LogP contribution < -0.4 is 14.8 Å². The molecule has 3 aromatic rings. The summed E-state index contributed by atoms with van der Waals surface area (Å²) in [7, 11) is 3.14. The van der Waals surface area contributed by atoms with Gasteiger partial charge >= 0.3 is 0 Å². The van der Waals surface area contributed by atoms with Crippen LogP contribution in [0.3, 0.4) is 0 Å². The Morgan fingerprint density at radius 3 is 2.75 bits per heavy atom. The topological polar surface area (TPSA) is 86.5 Å². The molecule has 1 aromatic heterocycles. The van der Waals surface area contributed by atoms with Gasteiger partial charge in [0.15, 0.2) is 0 Å². The average molecular weight is 399 g/mol. The number of benzene rings is 2. The van der Waals surface area contributed by atoms with Crippen LogP contribution in [0.2, 0.25) is 0 Å². The minimum Gasteiger partial charge on any atom is -0.497 e. The van der Waals surface area contributed by atoms with Crippen molar-refractivity contribution in [1.82, 2.24) is 10.2 Å². The van der Waals surface area contributed by atoms with E-state index in [0.29, 0.717) is 28.2 Å². The number of ether oxygens (including phenoxy) is 2. The summed E-state index contributed by atoms with van der Waals surface area (Å²) in [6, 6.07) is 13.1. The molecule has 0 atom stereocenters. The molecule has 0 unspecified atom stereocenters. The van der Waals surface area contributed by atoms with E-state index in [0.717, 1.165) is 12.1 Å². The molecule has 0 aliphatic heterocycles.